The van der Waals surface area contributed by atoms with Gasteiger partial charge in [0, 0.05) is 17.1 Å². The number of para-hydroxylation sites is 1. The minimum absolute atomic E-state index is 0.00909. The molecule has 0 bridgehead atoms. The Morgan fingerprint density at radius 2 is 1.60 bits per heavy atom. The number of benzene rings is 3. The SMILES string of the molecule is O=c1c2ccc(-c3ccccc3O)cc2ccn1Cc1ccccc1. The van der Waals surface area contributed by atoms with Crippen LogP contribution in [0.2, 0.25) is 0 Å². The summed E-state index contributed by atoms with van der Waals surface area (Å²) < 4.78 is 1.72. The van der Waals surface area contributed by atoms with Gasteiger partial charge < -0.3 is 9.67 Å². The normalized spacial score (nSPS) is 10.9. The Hall–Kier alpha value is -3.33. The highest BCUT2D eigenvalue weighted by atomic mass is 16.3. The maximum absolute atomic E-state index is 12.8. The molecule has 1 N–H and O–H groups in total. The lowest BCUT2D eigenvalue weighted by Gasteiger charge is -2.09. The van der Waals surface area contributed by atoms with E-state index < -0.39 is 0 Å². The van der Waals surface area contributed by atoms with E-state index in [1.807, 2.05) is 72.9 Å². The Labute approximate surface area is 145 Å². The van der Waals surface area contributed by atoms with E-state index in [-0.39, 0.29) is 11.3 Å². The summed E-state index contributed by atoms with van der Waals surface area (Å²) in [7, 11) is 0. The molecule has 0 saturated carbocycles. The number of aromatic hydroxyl groups is 1. The monoisotopic (exact) mass is 327 g/mol. The first-order valence-corrected chi connectivity index (χ1v) is 8.18. The minimum Gasteiger partial charge on any atom is -0.507 e. The summed E-state index contributed by atoms with van der Waals surface area (Å²) in [5.74, 6) is 0.235. The number of fused-ring (bicyclic) bond motifs is 1. The summed E-state index contributed by atoms with van der Waals surface area (Å²) in [6, 6.07) is 24.8. The molecule has 0 aliphatic rings. The zero-order valence-corrected chi connectivity index (χ0v) is 13.6. The van der Waals surface area contributed by atoms with Gasteiger partial charge in [0.2, 0.25) is 0 Å². The molecule has 0 spiro atoms. The van der Waals surface area contributed by atoms with Crippen molar-refractivity contribution >= 4 is 10.8 Å². The van der Waals surface area contributed by atoms with E-state index in [9.17, 15) is 9.90 Å². The van der Waals surface area contributed by atoms with Crippen molar-refractivity contribution in [3.05, 3.63) is 101 Å². The third-order valence-electron chi connectivity index (χ3n) is 4.39. The fourth-order valence-electron chi connectivity index (χ4n) is 3.08. The molecule has 4 aromatic rings. The van der Waals surface area contributed by atoms with Gasteiger partial charge in [0.15, 0.2) is 0 Å². The summed E-state index contributed by atoms with van der Waals surface area (Å²) >= 11 is 0. The van der Waals surface area contributed by atoms with Crippen molar-refractivity contribution in [2.75, 3.05) is 0 Å². The van der Waals surface area contributed by atoms with Gasteiger partial charge in [0.25, 0.3) is 5.56 Å². The summed E-state index contributed by atoms with van der Waals surface area (Å²) in [5, 5.41) is 11.6. The van der Waals surface area contributed by atoms with Gasteiger partial charge in [-0.15, -0.1) is 0 Å². The van der Waals surface area contributed by atoms with E-state index in [1.165, 1.54) is 0 Å². The second-order valence-corrected chi connectivity index (χ2v) is 6.05. The van der Waals surface area contributed by atoms with Crippen LogP contribution in [0, 0.1) is 0 Å². The van der Waals surface area contributed by atoms with Crippen molar-refractivity contribution < 1.29 is 5.11 Å². The summed E-state index contributed by atoms with van der Waals surface area (Å²) in [6.45, 7) is 0.552. The van der Waals surface area contributed by atoms with E-state index in [0.29, 0.717) is 11.9 Å². The molecule has 0 saturated heterocycles. The molecule has 1 aromatic heterocycles. The molecule has 0 radical (unpaired) electrons. The van der Waals surface area contributed by atoms with Crippen LogP contribution in [-0.4, -0.2) is 9.67 Å². The van der Waals surface area contributed by atoms with Crippen molar-refractivity contribution in [3.8, 4) is 16.9 Å². The number of phenolic OH excluding ortho intramolecular Hbond substituents is 1. The molecular formula is C22H17NO2. The highest BCUT2D eigenvalue weighted by Gasteiger charge is 2.07. The quantitative estimate of drug-likeness (QED) is 0.605. The van der Waals surface area contributed by atoms with Gasteiger partial charge in [-0.05, 0) is 40.8 Å². The van der Waals surface area contributed by atoms with Crippen LogP contribution in [0.25, 0.3) is 21.9 Å². The highest BCUT2D eigenvalue weighted by Crippen LogP contribution is 2.30. The van der Waals surface area contributed by atoms with Gasteiger partial charge >= 0.3 is 0 Å². The Bertz CT molecular complexity index is 1100. The Morgan fingerprint density at radius 3 is 2.40 bits per heavy atom. The van der Waals surface area contributed by atoms with Crippen molar-refractivity contribution in [2.24, 2.45) is 0 Å². The van der Waals surface area contributed by atoms with Gasteiger partial charge in [-0.3, -0.25) is 4.79 Å². The largest absolute Gasteiger partial charge is 0.507 e. The van der Waals surface area contributed by atoms with Crippen molar-refractivity contribution in [2.45, 2.75) is 6.54 Å². The van der Waals surface area contributed by atoms with Gasteiger partial charge in [-0.2, -0.15) is 0 Å². The lowest BCUT2D eigenvalue weighted by atomic mass is 10.0. The maximum atomic E-state index is 12.8. The number of hydrogen-bond donors (Lipinski definition) is 1. The summed E-state index contributed by atoms with van der Waals surface area (Å²) in [4.78, 5) is 12.8. The van der Waals surface area contributed by atoms with Crippen LogP contribution >= 0.6 is 0 Å². The maximum Gasteiger partial charge on any atom is 0.258 e. The van der Waals surface area contributed by atoms with E-state index in [0.717, 1.165) is 22.1 Å². The van der Waals surface area contributed by atoms with Crippen LogP contribution in [0.3, 0.4) is 0 Å². The molecular weight excluding hydrogens is 310 g/mol. The fraction of sp³-hybridized carbons (Fsp3) is 0.0455. The van der Waals surface area contributed by atoms with Gasteiger partial charge in [-0.25, -0.2) is 0 Å². The van der Waals surface area contributed by atoms with E-state index in [4.69, 9.17) is 0 Å². The predicted octanol–water partition coefficient (Wildman–Crippen LogP) is 4.42. The molecule has 0 aliphatic heterocycles. The molecule has 0 amide bonds. The van der Waals surface area contributed by atoms with E-state index in [2.05, 4.69) is 0 Å². The third kappa shape index (κ3) is 2.92. The minimum atomic E-state index is -0.00909. The first-order valence-electron chi connectivity index (χ1n) is 8.18. The predicted molar refractivity (Wildman–Crippen MR) is 101 cm³/mol. The average molecular weight is 327 g/mol. The Balaban J connectivity index is 1.77. The lowest BCUT2D eigenvalue weighted by molar-refractivity contribution is 0.477. The first-order chi connectivity index (χ1) is 12.2. The van der Waals surface area contributed by atoms with Gasteiger partial charge in [0.1, 0.15) is 5.75 Å². The number of nitrogens with zero attached hydrogens (tertiary/aromatic N) is 1. The highest BCUT2D eigenvalue weighted by molar-refractivity contribution is 5.87. The van der Waals surface area contributed by atoms with Crippen LogP contribution in [0.4, 0.5) is 0 Å². The average Bonchev–Trinajstić information content (AvgIpc) is 2.65. The first kappa shape index (κ1) is 15.2. The zero-order valence-electron chi connectivity index (χ0n) is 13.6. The smallest absolute Gasteiger partial charge is 0.258 e. The van der Waals surface area contributed by atoms with Crippen LogP contribution in [0.5, 0.6) is 5.75 Å². The topological polar surface area (TPSA) is 42.2 Å². The van der Waals surface area contributed by atoms with Crippen LogP contribution in [0.15, 0.2) is 89.9 Å². The molecule has 0 aliphatic carbocycles. The lowest BCUT2D eigenvalue weighted by Crippen LogP contribution is -2.19. The van der Waals surface area contributed by atoms with Crippen molar-refractivity contribution in [1.82, 2.24) is 4.57 Å². The van der Waals surface area contributed by atoms with Crippen molar-refractivity contribution in [1.29, 1.82) is 0 Å². The Morgan fingerprint density at radius 1 is 0.840 bits per heavy atom. The standard InChI is InChI=1S/C22H17NO2/c24-21-9-5-4-8-19(21)17-10-11-20-18(14-17)12-13-23(22(20)25)15-16-6-2-1-3-7-16/h1-14,24H,15H2. The number of pyridine rings is 1. The molecule has 4 rings (SSSR count). The second kappa shape index (κ2) is 6.29. The number of rotatable bonds is 3. The number of phenols is 1. The molecule has 3 aromatic carbocycles. The van der Waals surface area contributed by atoms with Crippen LogP contribution in [0.1, 0.15) is 5.56 Å². The molecule has 1 heterocycles. The summed E-state index contributed by atoms with van der Waals surface area (Å²) in [6.07, 6.45) is 1.83. The molecule has 25 heavy (non-hydrogen) atoms. The zero-order chi connectivity index (χ0) is 17.2. The number of aromatic nitrogens is 1. The van der Waals surface area contributed by atoms with Gasteiger partial charge in [-0.1, -0.05) is 54.6 Å². The third-order valence-corrected chi connectivity index (χ3v) is 4.39. The molecule has 0 unspecified atom stereocenters. The second-order valence-electron chi connectivity index (χ2n) is 6.05. The van der Waals surface area contributed by atoms with Crippen LogP contribution in [-0.2, 0) is 6.54 Å². The van der Waals surface area contributed by atoms with E-state index >= 15 is 0 Å². The van der Waals surface area contributed by atoms with Crippen LogP contribution < -0.4 is 5.56 Å². The molecule has 3 heteroatoms. The summed E-state index contributed by atoms with van der Waals surface area (Å²) in [5.41, 5.74) is 2.74. The molecule has 0 atom stereocenters. The number of hydrogen-bond acceptors (Lipinski definition) is 2. The Kier molecular flexibility index (Phi) is 3.82. The molecule has 0 fully saturated rings. The molecule has 3 nitrogen and oxygen atoms in total. The molecule has 122 valence electrons. The van der Waals surface area contributed by atoms with E-state index in [1.54, 1.807) is 16.7 Å². The fourth-order valence-corrected chi connectivity index (χ4v) is 3.08. The van der Waals surface area contributed by atoms with Crippen molar-refractivity contribution in [3.63, 3.8) is 0 Å². The van der Waals surface area contributed by atoms with Gasteiger partial charge in [0.05, 0.1) is 6.54 Å².